The molecule has 1 saturated carbocycles. The molecule has 2 aliphatic rings. The maximum atomic E-state index is 13.4. The molecule has 160 valence electrons. The number of aromatic nitrogens is 1. The van der Waals surface area contributed by atoms with Gasteiger partial charge in [0.1, 0.15) is 0 Å². The van der Waals surface area contributed by atoms with Gasteiger partial charge >= 0.3 is 5.97 Å². The number of rotatable bonds is 4. The minimum absolute atomic E-state index is 0.0136. The Morgan fingerprint density at radius 1 is 1.16 bits per heavy atom. The third-order valence-corrected chi connectivity index (χ3v) is 6.47. The number of methoxy groups -OCH3 is 1. The fourth-order valence-corrected chi connectivity index (χ4v) is 4.95. The molecule has 2 heterocycles. The lowest BCUT2D eigenvalue weighted by Crippen LogP contribution is -2.40. The van der Waals surface area contributed by atoms with Crippen LogP contribution in [0.25, 0.3) is 6.08 Å². The Morgan fingerprint density at radius 3 is 2.58 bits per heavy atom. The van der Waals surface area contributed by atoms with Gasteiger partial charge in [-0.05, 0) is 67.4 Å². The summed E-state index contributed by atoms with van der Waals surface area (Å²) in [4.78, 5) is 36.7. The van der Waals surface area contributed by atoms with E-state index < -0.39 is 0 Å². The fraction of sp³-hybridized carbons (Fsp3) is 0.333. The van der Waals surface area contributed by atoms with E-state index in [4.69, 9.17) is 9.73 Å². The van der Waals surface area contributed by atoms with Crippen LogP contribution in [0.2, 0.25) is 0 Å². The van der Waals surface area contributed by atoms with Crippen molar-refractivity contribution in [3.63, 3.8) is 0 Å². The molecular weight excluding hydrogens is 410 g/mol. The van der Waals surface area contributed by atoms with E-state index in [0.717, 1.165) is 36.9 Å². The van der Waals surface area contributed by atoms with Crippen molar-refractivity contribution < 1.29 is 14.3 Å². The van der Waals surface area contributed by atoms with Gasteiger partial charge in [0.15, 0.2) is 11.0 Å². The molecule has 7 heteroatoms. The molecule has 6 nitrogen and oxygen atoms in total. The minimum Gasteiger partial charge on any atom is -0.465 e. The van der Waals surface area contributed by atoms with Crippen LogP contribution in [0.3, 0.4) is 0 Å². The third kappa shape index (κ3) is 4.88. The van der Waals surface area contributed by atoms with Crippen molar-refractivity contribution in [2.45, 2.75) is 45.1 Å². The molecule has 1 aromatic carbocycles. The summed E-state index contributed by atoms with van der Waals surface area (Å²) in [6.45, 7) is 1.93. The molecule has 0 radical (unpaired) electrons. The first-order chi connectivity index (χ1) is 15.0. The molecule has 2 aromatic rings. The van der Waals surface area contributed by atoms with Gasteiger partial charge in [0, 0.05) is 11.7 Å². The summed E-state index contributed by atoms with van der Waals surface area (Å²) < 4.78 is 4.75. The van der Waals surface area contributed by atoms with Crippen LogP contribution in [0.5, 0.6) is 0 Å². The molecule has 0 spiro atoms. The van der Waals surface area contributed by atoms with Crippen LogP contribution >= 0.6 is 11.8 Å². The predicted molar refractivity (Wildman–Crippen MR) is 123 cm³/mol. The number of carbonyl (C=O) groups excluding carboxylic acids is 2. The molecule has 0 N–H and O–H groups in total. The van der Waals surface area contributed by atoms with E-state index in [1.54, 1.807) is 12.1 Å². The summed E-state index contributed by atoms with van der Waals surface area (Å²) in [5.74, 6) is 0.217. The van der Waals surface area contributed by atoms with Crippen LogP contribution in [-0.2, 0) is 9.53 Å². The average Bonchev–Trinajstić information content (AvgIpc) is 3.08. The SMILES string of the molecule is COC(=O)c1ccc(/C=C2\S/C(=N/c3cccc(C)n3)N(C3CCCCC3)C2=O)cc1. The van der Waals surface area contributed by atoms with Crippen LogP contribution in [0.4, 0.5) is 5.82 Å². The van der Waals surface area contributed by atoms with Crippen molar-refractivity contribution in [3.8, 4) is 0 Å². The number of amides is 1. The predicted octanol–water partition coefficient (Wildman–Crippen LogP) is 5.11. The topological polar surface area (TPSA) is 71.9 Å². The molecule has 2 fully saturated rings. The number of esters is 1. The molecule has 1 saturated heterocycles. The second kappa shape index (κ2) is 9.47. The lowest BCUT2D eigenvalue weighted by molar-refractivity contribution is -0.124. The summed E-state index contributed by atoms with van der Waals surface area (Å²) in [6.07, 6.45) is 7.32. The molecule has 0 atom stereocenters. The van der Waals surface area contributed by atoms with Gasteiger partial charge in [-0.3, -0.25) is 9.69 Å². The number of nitrogens with zero attached hydrogens (tertiary/aromatic N) is 3. The van der Waals surface area contributed by atoms with E-state index in [2.05, 4.69) is 4.98 Å². The number of amidine groups is 1. The first-order valence-corrected chi connectivity index (χ1v) is 11.3. The molecule has 1 aliphatic heterocycles. The molecule has 1 aromatic heterocycles. The summed E-state index contributed by atoms with van der Waals surface area (Å²) >= 11 is 1.39. The summed E-state index contributed by atoms with van der Waals surface area (Å²) in [6, 6.07) is 12.9. The van der Waals surface area contributed by atoms with Crippen LogP contribution in [0, 0.1) is 6.92 Å². The monoisotopic (exact) mass is 435 g/mol. The molecule has 0 bridgehead atoms. The number of aliphatic imine (C=N–C) groups is 1. The van der Waals surface area contributed by atoms with Crippen LogP contribution in [-0.4, -0.2) is 40.1 Å². The lowest BCUT2D eigenvalue weighted by atomic mass is 9.94. The van der Waals surface area contributed by atoms with Gasteiger partial charge < -0.3 is 4.74 Å². The number of benzene rings is 1. The second-order valence-electron chi connectivity index (χ2n) is 7.72. The van der Waals surface area contributed by atoms with Gasteiger partial charge in [0.05, 0.1) is 17.6 Å². The van der Waals surface area contributed by atoms with Crippen LogP contribution in [0.1, 0.15) is 53.7 Å². The van der Waals surface area contributed by atoms with Crippen molar-refractivity contribution >= 4 is 40.7 Å². The number of pyridine rings is 1. The zero-order chi connectivity index (χ0) is 21.8. The van der Waals surface area contributed by atoms with Crippen molar-refractivity contribution in [2.24, 2.45) is 4.99 Å². The fourth-order valence-electron chi connectivity index (χ4n) is 3.90. The smallest absolute Gasteiger partial charge is 0.337 e. The highest BCUT2D eigenvalue weighted by Crippen LogP contribution is 2.38. The van der Waals surface area contributed by atoms with Crippen molar-refractivity contribution in [3.05, 3.63) is 64.2 Å². The van der Waals surface area contributed by atoms with Gasteiger partial charge in [-0.15, -0.1) is 0 Å². The van der Waals surface area contributed by atoms with E-state index in [9.17, 15) is 9.59 Å². The average molecular weight is 436 g/mol. The first-order valence-electron chi connectivity index (χ1n) is 10.5. The van der Waals surface area contributed by atoms with Gasteiger partial charge in [0.2, 0.25) is 0 Å². The molecule has 0 unspecified atom stereocenters. The van der Waals surface area contributed by atoms with Crippen molar-refractivity contribution in [1.29, 1.82) is 0 Å². The van der Waals surface area contributed by atoms with Crippen molar-refractivity contribution in [2.75, 3.05) is 7.11 Å². The number of thioether (sulfide) groups is 1. The summed E-state index contributed by atoms with van der Waals surface area (Å²) in [5, 5.41) is 0.687. The summed E-state index contributed by atoms with van der Waals surface area (Å²) in [5.41, 5.74) is 2.22. The Balaban J connectivity index is 1.66. The quantitative estimate of drug-likeness (QED) is 0.493. The largest absolute Gasteiger partial charge is 0.465 e. The third-order valence-electron chi connectivity index (χ3n) is 5.49. The molecule has 1 aliphatic carbocycles. The van der Waals surface area contributed by atoms with Gasteiger partial charge in [-0.25, -0.2) is 14.8 Å². The Labute approximate surface area is 186 Å². The molecule has 4 rings (SSSR count). The zero-order valence-electron chi connectivity index (χ0n) is 17.7. The van der Waals surface area contributed by atoms with E-state index >= 15 is 0 Å². The molecule has 1 amide bonds. The van der Waals surface area contributed by atoms with E-state index in [-0.39, 0.29) is 17.9 Å². The zero-order valence-corrected chi connectivity index (χ0v) is 18.5. The van der Waals surface area contributed by atoms with Crippen molar-refractivity contribution in [1.82, 2.24) is 9.88 Å². The summed E-state index contributed by atoms with van der Waals surface area (Å²) in [7, 11) is 1.36. The number of ether oxygens (including phenoxy) is 1. The normalized spacial score (nSPS) is 19.9. The maximum Gasteiger partial charge on any atom is 0.337 e. The first kappa shape index (κ1) is 21.3. The number of aryl methyl sites for hydroxylation is 1. The highest BCUT2D eigenvalue weighted by atomic mass is 32.2. The van der Waals surface area contributed by atoms with E-state index in [1.165, 1.54) is 25.3 Å². The minimum atomic E-state index is -0.380. The van der Waals surface area contributed by atoms with E-state index in [0.29, 0.717) is 21.5 Å². The Bertz CT molecular complexity index is 1040. The van der Waals surface area contributed by atoms with Gasteiger partial charge in [-0.2, -0.15) is 0 Å². The second-order valence-corrected chi connectivity index (χ2v) is 8.73. The number of carbonyl (C=O) groups is 2. The number of hydrogen-bond donors (Lipinski definition) is 0. The maximum absolute atomic E-state index is 13.4. The standard InChI is InChI=1S/C24H25N3O3S/c1-16-7-6-10-21(25-16)26-24-27(19-8-4-3-5-9-19)22(28)20(31-24)15-17-11-13-18(14-12-17)23(29)30-2/h6-7,10-15,19H,3-5,8-9H2,1-2H3/b20-15-,26-24+. The Hall–Kier alpha value is -2.93. The van der Waals surface area contributed by atoms with Gasteiger partial charge in [-0.1, -0.05) is 37.5 Å². The van der Waals surface area contributed by atoms with Crippen LogP contribution in [0.15, 0.2) is 52.4 Å². The highest BCUT2D eigenvalue weighted by Gasteiger charge is 2.38. The molecular formula is C24H25N3O3S. The Kier molecular flexibility index (Phi) is 6.51. The van der Waals surface area contributed by atoms with Crippen LogP contribution < -0.4 is 0 Å². The highest BCUT2D eigenvalue weighted by molar-refractivity contribution is 8.18. The number of hydrogen-bond acceptors (Lipinski definition) is 6. The Morgan fingerprint density at radius 2 is 1.90 bits per heavy atom. The molecule has 31 heavy (non-hydrogen) atoms. The lowest BCUT2D eigenvalue weighted by Gasteiger charge is -2.30. The van der Waals surface area contributed by atoms with Gasteiger partial charge in [0.25, 0.3) is 5.91 Å². The van der Waals surface area contributed by atoms with E-state index in [1.807, 2.05) is 48.2 Å².